The fourth-order valence-corrected chi connectivity index (χ4v) is 3.65. The first-order valence-electron chi connectivity index (χ1n) is 10.2. The molecule has 1 aromatic heterocycles. The zero-order chi connectivity index (χ0) is 19.5. The van der Waals surface area contributed by atoms with Gasteiger partial charge < -0.3 is 19.9 Å². The van der Waals surface area contributed by atoms with Crippen molar-refractivity contribution in [2.75, 3.05) is 46.4 Å². The first kappa shape index (κ1) is 25.1. The Hall–Kier alpha value is -0.940. The molecule has 1 saturated heterocycles. The van der Waals surface area contributed by atoms with Crippen LogP contribution < -0.4 is 10.6 Å². The Balaban J connectivity index is 0.00000392. The quantitative estimate of drug-likeness (QED) is 0.217. The molecule has 2 N–H and O–H groups in total. The molecular formula is C19H37IN6O2. The maximum atomic E-state index is 5.53. The van der Waals surface area contributed by atoms with Crippen molar-refractivity contribution in [2.24, 2.45) is 10.9 Å². The maximum Gasteiger partial charge on any atom is 0.226 e. The molecule has 8 nitrogen and oxygen atoms in total. The van der Waals surface area contributed by atoms with Crippen molar-refractivity contribution in [1.29, 1.82) is 0 Å². The van der Waals surface area contributed by atoms with Crippen molar-refractivity contribution >= 4 is 29.9 Å². The Morgan fingerprint density at radius 3 is 2.50 bits per heavy atom. The summed E-state index contributed by atoms with van der Waals surface area (Å²) in [5.41, 5.74) is 0. The molecule has 0 radical (unpaired) electrons. The molecule has 0 amide bonds. The topological polar surface area (TPSA) is 87.8 Å². The number of guanidine groups is 1. The summed E-state index contributed by atoms with van der Waals surface area (Å²) in [6.45, 7) is 11.8. The van der Waals surface area contributed by atoms with Gasteiger partial charge in [0, 0.05) is 45.7 Å². The summed E-state index contributed by atoms with van der Waals surface area (Å²) in [7, 11) is 1.82. The number of aliphatic imine (C=N–C) groups is 1. The number of nitrogens with one attached hydrogen (secondary N) is 2. The van der Waals surface area contributed by atoms with Crippen molar-refractivity contribution in [3.8, 4) is 0 Å². The fourth-order valence-electron chi connectivity index (χ4n) is 3.65. The summed E-state index contributed by atoms with van der Waals surface area (Å²) in [6, 6.07) is 0.504. The average Bonchev–Trinajstić information content (AvgIpc) is 3.12. The van der Waals surface area contributed by atoms with E-state index in [0.29, 0.717) is 23.7 Å². The zero-order valence-corrected chi connectivity index (χ0v) is 20.1. The van der Waals surface area contributed by atoms with Crippen molar-refractivity contribution in [1.82, 2.24) is 25.7 Å². The van der Waals surface area contributed by atoms with Crippen molar-refractivity contribution in [2.45, 2.75) is 52.5 Å². The van der Waals surface area contributed by atoms with Crippen LogP contribution in [-0.4, -0.2) is 73.5 Å². The molecule has 1 aliphatic rings. The Morgan fingerprint density at radius 1 is 1.21 bits per heavy atom. The summed E-state index contributed by atoms with van der Waals surface area (Å²) >= 11 is 0. The molecule has 0 aliphatic carbocycles. The lowest BCUT2D eigenvalue weighted by molar-refractivity contribution is 0.00272. The van der Waals surface area contributed by atoms with Gasteiger partial charge in [0.25, 0.3) is 0 Å². The molecule has 9 heteroatoms. The molecule has 0 saturated carbocycles. The van der Waals surface area contributed by atoms with Gasteiger partial charge in [-0.1, -0.05) is 31.8 Å². The summed E-state index contributed by atoms with van der Waals surface area (Å²) in [5, 5.41) is 10.7. The van der Waals surface area contributed by atoms with E-state index in [0.717, 1.165) is 58.2 Å². The second-order valence-corrected chi connectivity index (χ2v) is 7.01. The van der Waals surface area contributed by atoms with Crippen LogP contribution in [0.3, 0.4) is 0 Å². The van der Waals surface area contributed by atoms with Gasteiger partial charge in [-0.15, -0.1) is 24.0 Å². The molecule has 1 aliphatic heterocycles. The van der Waals surface area contributed by atoms with Crippen molar-refractivity contribution in [3.05, 3.63) is 11.7 Å². The molecular weight excluding hydrogens is 471 g/mol. The lowest BCUT2D eigenvalue weighted by atomic mass is 9.92. The minimum absolute atomic E-state index is 0. The number of rotatable bonds is 10. The highest BCUT2D eigenvalue weighted by molar-refractivity contribution is 14.0. The molecule has 1 fully saturated rings. The van der Waals surface area contributed by atoms with E-state index in [9.17, 15) is 0 Å². The molecule has 2 rings (SSSR count). The molecule has 0 bridgehead atoms. The summed E-state index contributed by atoms with van der Waals surface area (Å²) in [4.78, 5) is 11.2. The lowest BCUT2D eigenvalue weighted by Gasteiger charge is -2.39. The van der Waals surface area contributed by atoms with Gasteiger partial charge in [0.15, 0.2) is 11.8 Å². The smallest absolute Gasteiger partial charge is 0.226 e. The zero-order valence-electron chi connectivity index (χ0n) is 17.7. The SMILES string of the molecule is CCC(CC)C(CNC(=NC)NCCCc1nc(C)no1)N1CCOCC1.I. The highest BCUT2D eigenvalue weighted by Crippen LogP contribution is 2.19. The van der Waals surface area contributed by atoms with Gasteiger partial charge in [0.05, 0.1) is 13.2 Å². The monoisotopic (exact) mass is 508 g/mol. The highest BCUT2D eigenvalue weighted by Gasteiger charge is 2.26. The maximum absolute atomic E-state index is 5.53. The Morgan fingerprint density at radius 2 is 1.93 bits per heavy atom. The molecule has 1 unspecified atom stereocenters. The van der Waals surface area contributed by atoms with Crippen LogP contribution in [0.25, 0.3) is 0 Å². The lowest BCUT2D eigenvalue weighted by Crippen LogP contribution is -2.53. The largest absolute Gasteiger partial charge is 0.379 e. The van der Waals surface area contributed by atoms with Crippen LogP contribution in [0.5, 0.6) is 0 Å². The third kappa shape index (κ3) is 8.20. The number of halogens is 1. The van der Waals surface area contributed by atoms with Crippen LogP contribution in [0.4, 0.5) is 0 Å². The number of hydrogen-bond acceptors (Lipinski definition) is 6. The second kappa shape index (κ2) is 14.1. The fraction of sp³-hybridized carbons (Fsp3) is 0.842. The van der Waals surface area contributed by atoms with Crippen LogP contribution in [0.1, 0.15) is 44.8 Å². The Kier molecular flexibility index (Phi) is 12.6. The molecule has 1 atom stereocenters. The molecule has 0 spiro atoms. The highest BCUT2D eigenvalue weighted by atomic mass is 127. The Labute approximate surface area is 186 Å². The van der Waals surface area contributed by atoms with Gasteiger partial charge in [-0.05, 0) is 19.3 Å². The van der Waals surface area contributed by atoms with E-state index in [4.69, 9.17) is 9.26 Å². The third-order valence-corrected chi connectivity index (χ3v) is 5.24. The predicted octanol–water partition coefficient (Wildman–Crippen LogP) is 2.23. The second-order valence-electron chi connectivity index (χ2n) is 7.01. The van der Waals surface area contributed by atoms with E-state index in [1.807, 2.05) is 14.0 Å². The summed E-state index contributed by atoms with van der Waals surface area (Å²) < 4.78 is 10.7. The standard InChI is InChI=1S/C19H36N6O2.HI/c1-5-16(6-2)17(25-10-12-26-13-11-25)14-22-19(20-4)21-9-7-8-18-23-15(3)24-27-18;/h16-17H,5-14H2,1-4H3,(H2,20,21,22);1H. The van der Waals surface area contributed by atoms with E-state index in [1.165, 1.54) is 12.8 Å². The number of hydrogen-bond donors (Lipinski definition) is 2. The third-order valence-electron chi connectivity index (χ3n) is 5.24. The van der Waals surface area contributed by atoms with E-state index in [1.54, 1.807) is 0 Å². The van der Waals surface area contributed by atoms with E-state index >= 15 is 0 Å². The van der Waals surface area contributed by atoms with Crippen LogP contribution in [-0.2, 0) is 11.2 Å². The van der Waals surface area contributed by atoms with Crippen LogP contribution >= 0.6 is 24.0 Å². The number of morpholine rings is 1. The minimum Gasteiger partial charge on any atom is -0.379 e. The van der Waals surface area contributed by atoms with Gasteiger partial charge in [0.1, 0.15) is 0 Å². The minimum atomic E-state index is 0. The van der Waals surface area contributed by atoms with Crippen molar-refractivity contribution < 1.29 is 9.26 Å². The Bertz CT molecular complexity index is 558. The van der Waals surface area contributed by atoms with E-state index < -0.39 is 0 Å². The first-order chi connectivity index (χ1) is 13.2. The molecule has 2 heterocycles. The van der Waals surface area contributed by atoms with Gasteiger partial charge in [-0.25, -0.2) is 0 Å². The summed E-state index contributed by atoms with van der Waals surface area (Å²) in [5.74, 6) is 2.90. The number of aryl methyl sites for hydroxylation is 2. The molecule has 1 aromatic rings. The van der Waals surface area contributed by atoms with Gasteiger partial charge in [0.2, 0.25) is 5.89 Å². The van der Waals surface area contributed by atoms with E-state index in [-0.39, 0.29) is 24.0 Å². The molecule has 28 heavy (non-hydrogen) atoms. The van der Waals surface area contributed by atoms with Crippen LogP contribution in [0.15, 0.2) is 9.52 Å². The first-order valence-corrected chi connectivity index (χ1v) is 10.2. The molecule has 0 aromatic carbocycles. The normalized spacial score (nSPS) is 16.7. The number of nitrogens with zero attached hydrogens (tertiary/aromatic N) is 4. The number of ether oxygens (including phenoxy) is 1. The van der Waals surface area contributed by atoms with Gasteiger partial charge >= 0.3 is 0 Å². The van der Waals surface area contributed by atoms with Crippen LogP contribution in [0, 0.1) is 12.8 Å². The van der Waals surface area contributed by atoms with E-state index in [2.05, 4.69) is 44.5 Å². The molecule has 162 valence electrons. The predicted molar refractivity (Wildman–Crippen MR) is 122 cm³/mol. The summed E-state index contributed by atoms with van der Waals surface area (Å²) in [6.07, 6.45) is 4.07. The average molecular weight is 508 g/mol. The van der Waals surface area contributed by atoms with Crippen molar-refractivity contribution in [3.63, 3.8) is 0 Å². The van der Waals surface area contributed by atoms with Gasteiger partial charge in [-0.2, -0.15) is 4.98 Å². The van der Waals surface area contributed by atoms with Crippen LogP contribution in [0.2, 0.25) is 0 Å². The van der Waals surface area contributed by atoms with Gasteiger partial charge in [-0.3, -0.25) is 9.89 Å². The number of aromatic nitrogens is 2.